The second kappa shape index (κ2) is 9.61. The molecule has 0 spiro atoms. The molecule has 1 atom stereocenters. The summed E-state index contributed by atoms with van der Waals surface area (Å²) < 4.78 is 13.6. The van der Waals surface area contributed by atoms with Crippen LogP contribution >= 0.6 is 0 Å². The number of anilines is 1. The number of benzene rings is 3. The van der Waals surface area contributed by atoms with Crippen LogP contribution in [0.25, 0.3) is 0 Å². The fourth-order valence-corrected chi connectivity index (χ4v) is 3.02. The summed E-state index contributed by atoms with van der Waals surface area (Å²) in [6.45, 7) is 2.06. The Morgan fingerprint density at radius 1 is 0.897 bits per heavy atom. The molecule has 0 radical (unpaired) electrons. The maximum Gasteiger partial charge on any atom is 0.326 e. The van der Waals surface area contributed by atoms with Gasteiger partial charge in [-0.05, 0) is 19.1 Å². The van der Waals surface area contributed by atoms with Gasteiger partial charge in [-0.3, -0.25) is 10.1 Å². The summed E-state index contributed by atoms with van der Waals surface area (Å²) in [5.41, 5.74) is 3.29. The molecule has 0 unspecified atom stereocenters. The lowest BCUT2D eigenvalue weighted by Gasteiger charge is -2.16. The highest BCUT2D eigenvalue weighted by Crippen LogP contribution is 2.18. The van der Waals surface area contributed by atoms with E-state index in [0.717, 1.165) is 16.7 Å². The van der Waals surface area contributed by atoms with Crippen LogP contribution in [0.5, 0.6) is 0 Å². The predicted octanol–water partition coefficient (Wildman–Crippen LogP) is 3.14. The van der Waals surface area contributed by atoms with Gasteiger partial charge in [0.15, 0.2) is 6.54 Å². The van der Waals surface area contributed by atoms with Crippen molar-refractivity contribution in [2.24, 2.45) is 0 Å². The van der Waals surface area contributed by atoms with Crippen LogP contribution in [-0.2, 0) is 4.79 Å². The van der Waals surface area contributed by atoms with Crippen molar-refractivity contribution in [1.82, 2.24) is 5.32 Å². The van der Waals surface area contributed by atoms with Crippen molar-refractivity contribution in [3.63, 3.8) is 0 Å². The monoisotopic (exact) mass is 392 g/mol. The van der Waals surface area contributed by atoms with Crippen molar-refractivity contribution in [3.8, 4) is 0 Å². The minimum Gasteiger partial charge on any atom is -0.328 e. The van der Waals surface area contributed by atoms with Gasteiger partial charge in [0.05, 0.1) is 5.69 Å². The number of para-hydroxylation sites is 1. The zero-order valence-electron chi connectivity index (χ0n) is 16.1. The van der Waals surface area contributed by atoms with Crippen LogP contribution < -0.4 is 16.0 Å². The van der Waals surface area contributed by atoms with Gasteiger partial charge in [-0.2, -0.15) is 0 Å². The first-order valence-electron chi connectivity index (χ1n) is 9.33. The quantitative estimate of drug-likeness (QED) is 0.603. The van der Waals surface area contributed by atoms with Gasteiger partial charge in [-0.1, -0.05) is 72.3 Å². The van der Waals surface area contributed by atoms with Crippen molar-refractivity contribution in [2.45, 2.75) is 13.0 Å². The van der Waals surface area contributed by atoms with Gasteiger partial charge in [0.1, 0.15) is 11.9 Å². The van der Waals surface area contributed by atoms with E-state index >= 15 is 0 Å². The van der Waals surface area contributed by atoms with Crippen LogP contribution in [0.4, 0.5) is 14.9 Å². The van der Waals surface area contributed by atoms with E-state index in [1.54, 1.807) is 6.07 Å². The Balaban J connectivity index is 1.63. The first-order valence-corrected chi connectivity index (χ1v) is 9.33. The number of hydrogen-bond donors (Lipinski definition) is 3. The maximum absolute atomic E-state index is 13.6. The van der Waals surface area contributed by atoms with E-state index in [-0.39, 0.29) is 18.3 Å². The Bertz CT molecular complexity index is 975. The molecule has 0 aliphatic carbocycles. The number of carbonyl (C=O) groups is 2. The molecule has 6 heteroatoms. The van der Waals surface area contributed by atoms with Gasteiger partial charge in [-0.25, -0.2) is 9.18 Å². The third-order valence-corrected chi connectivity index (χ3v) is 4.51. The van der Waals surface area contributed by atoms with E-state index in [1.165, 1.54) is 18.2 Å². The summed E-state index contributed by atoms with van der Waals surface area (Å²) in [4.78, 5) is 24.2. The van der Waals surface area contributed by atoms with Crippen LogP contribution in [0.1, 0.15) is 22.7 Å². The molecule has 3 amide bonds. The van der Waals surface area contributed by atoms with Crippen molar-refractivity contribution in [1.29, 1.82) is 0 Å². The molecule has 0 aliphatic rings. The summed E-state index contributed by atoms with van der Waals surface area (Å²) >= 11 is 0. The minimum atomic E-state index is -0.764. The highest BCUT2D eigenvalue weighted by Gasteiger charge is 2.20. The molecule has 0 heterocycles. The van der Waals surface area contributed by atoms with E-state index in [1.807, 2.05) is 66.8 Å². The van der Waals surface area contributed by atoms with Gasteiger partial charge >= 0.3 is 6.03 Å². The molecule has 3 rings (SSSR count). The van der Waals surface area contributed by atoms with E-state index in [0.29, 0.717) is 0 Å². The predicted molar refractivity (Wildman–Crippen MR) is 110 cm³/mol. The number of halogens is 1. The van der Waals surface area contributed by atoms with E-state index in [9.17, 15) is 14.0 Å². The zero-order valence-corrected chi connectivity index (χ0v) is 16.1. The lowest BCUT2D eigenvalue weighted by atomic mass is 9.98. The van der Waals surface area contributed by atoms with Crippen LogP contribution in [0.3, 0.4) is 0 Å². The molecule has 0 aliphatic heterocycles. The number of nitrogens with one attached hydrogen (secondary N) is 2. The van der Waals surface area contributed by atoms with Crippen LogP contribution in [0, 0.1) is 12.7 Å². The van der Waals surface area contributed by atoms with E-state index in [2.05, 4.69) is 10.6 Å². The lowest BCUT2D eigenvalue weighted by molar-refractivity contribution is -0.676. The minimum absolute atomic E-state index is 0.0172. The van der Waals surface area contributed by atoms with Gasteiger partial charge in [0, 0.05) is 11.1 Å². The van der Waals surface area contributed by atoms with Crippen molar-refractivity contribution < 1.29 is 19.3 Å². The van der Waals surface area contributed by atoms with Crippen molar-refractivity contribution in [3.05, 3.63) is 101 Å². The molecule has 0 aromatic heterocycles. The molecular weight excluding hydrogens is 369 g/mol. The first-order chi connectivity index (χ1) is 14.0. The fraction of sp³-hybridized carbons (Fsp3) is 0.130. The molecule has 29 heavy (non-hydrogen) atoms. The number of nitrogens with two attached hydrogens (primary N) is 1. The summed E-state index contributed by atoms with van der Waals surface area (Å²) in [5, 5.41) is 6.44. The number of urea groups is 1. The molecule has 3 aromatic rings. The molecular formula is C23H23FN3O2+. The number of amides is 3. The summed E-state index contributed by atoms with van der Waals surface area (Å²) in [5.74, 6) is -1.03. The van der Waals surface area contributed by atoms with Crippen molar-refractivity contribution in [2.75, 3.05) is 11.9 Å². The van der Waals surface area contributed by atoms with Gasteiger partial charge < -0.3 is 10.6 Å². The second-order valence-electron chi connectivity index (χ2n) is 6.72. The Labute approximate surface area is 169 Å². The molecule has 0 saturated carbocycles. The Kier molecular flexibility index (Phi) is 6.71. The molecule has 0 saturated heterocycles. The third-order valence-electron chi connectivity index (χ3n) is 4.51. The molecule has 4 N–H and O–H groups in total. The van der Waals surface area contributed by atoms with Gasteiger partial charge in [-0.15, -0.1) is 0 Å². The SMILES string of the molecule is Cc1ccc([C@H]([NH2+]CC(=O)NC(=O)Nc2ccccc2F)c2ccccc2)cc1. The normalized spacial score (nSPS) is 11.5. The largest absolute Gasteiger partial charge is 0.328 e. The maximum atomic E-state index is 13.6. The summed E-state index contributed by atoms with van der Waals surface area (Å²) in [6.07, 6.45) is 0. The van der Waals surface area contributed by atoms with Gasteiger partial charge in [0.2, 0.25) is 0 Å². The average Bonchev–Trinajstić information content (AvgIpc) is 2.72. The topological polar surface area (TPSA) is 74.8 Å². The van der Waals surface area contributed by atoms with Crippen LogP contribution in [-0.4, -0.2) is 18.5 Å². The Hall–Kier alpha value is -3.51. The molecule has 0 fully saturated rings. The third kappa shape index (κ3) is 5.73. The van der Waals surface area contributed by atoms with E-state index < -0.39 is 17.8 Å². The highest BCUT2D eigenvalue weighted by atomic mass is 19.1. The molecule has 3 aromatic carbocycles. The Morgan fingerprint density at radius 3 is 2.21 bits per heavy atom. The fourth-order valence-electron chi connectivity index (χ4n) is 3.02. The summed E-state index contributed by atoms with van der Waals surface area (Å²) in [6, 6.07) is 22.9. The van der Waals surface area contributed by atoms with Crippen molar-refractivity contribution >= 4 is 17.6 Å². The first kappa shape index (κ1) is 20.2. The number of rotatable bonds is 6. The molecule has 0 bridgehead atoms. The highest BCUT2D eigenvalue weighted by molar-refractivity contribution is 6.01. The van der Waals surface area contributed by atoms with Gasteiger partial charge in [0.25, 0.3) is 5.91 Å². The van der Waals surface area contributed by atoms with Crippen LogP contribution in [0.15, 0.2) is 78.9 Å². The lowest BCUT2D eigenvalue weighted by Crippen LogP contribution is -2.87. The smallest absolute Gasteiger partial charge is 0.326 e. The standard InChI is InChI=1S/C23H22FN3O2/c1-16-11-13-18(14-12-16)22(17-7-3-2-4-8-17)25-15-21(28)27-23(29)26-20-10-6-5-9-19(20)24/h2-14,22,25H,15H2,1H3,(H2,26,27,28,29)/p+1/t22-/m1/s1. The number of hydrogen-bond acceptors (Lipinski definition) is 2. The number of aryl methyl sites for hydroxylation is 1. The summed E-state index contributed by atoms with van der Waals surface area (Å²) in [7, 11) is 0. The molecule has 5 nitrogen and oxygen atoms in total. The van der Waals surface area contributed by atoms with E-state index in [4.69, 9.17) is 0 Å². The number of quaternary nitrogens is 1. The Morgan fingerprint density at radius 2 is 1.52 bits per heavy atom. The average molecular weight is 392 g/mol. The second-order valence-corrected chi connectivity index (χ2v) is 6.72. The molecule has 148 valence electrons. The number of carbonyl (C=O) groups excluding carboxylic acids is 2. The van der Waals surface area contributed by atoms with Crippen LogP contribution in [0.2, 0.25) is 0 Å². The zero-order chi connectivity index (χ0) is 20.6. The number of imide groups is 1.